The monoisotopic (exact) mass is 387 g/mol. The number of hydrogen-bond acceptors (Lipinski definition) is 7. The van der Waals surface area contributed by atoms with Crippen LogP contribution in [0.15, 0.2) is 70.7 Å². The maximum atomic E-state index is 12.2. The lowest BCUT2D eigenvalue weighted by Gasteiger charge is -2.10. The van der Waals surface area contributed by atoms with Gasteiger partial charge in [-0.25, -0.2) is 9.97 Å². The number of thioether (sulfide) groups is 1. The third-order valence-electron chi connectivity index (χ3n) is 3.38. The summed E-state index contributed by atoms with van der Waals surface area (Å²) in [7, 11) is -3.84. The quantitative estimate of drug-likeness (QED) is 0.389. The van der Waals surface area contributed by atoms with Crippen molar-refractivity contribution in [3.8, 4) is 5.75 Å². The summed E-state index contributed by atoms with van der Waals surface area (Å²) in [5.74, 6) is 0.912. The van der Waals surface area contributed by atoms with E-state index in [0.29, 0.717) is 11.0 Å². The van der Waals surface area contributed by atoms with Crippen LogP contribution in [0.1, 0.15) is 5.69 Å². The molecule has 0 fully saturated rings. The lowest BCUT2D eigenvalue weighted by molar-refractivity contribution is 0.486. The standard InChI is InChI=1S/C18H17N3O3S2/c1-13-12-17(21-18(19-13)25-2)20-14-8-10-15(11-9-14)24-26(22,23)16-6-4-3-5-7-16/h3-12H,1-2H3,(H,19,20,21). The van der Waals surface area contributed by atoms with Gasteiger partial charge in [0, 0.05) is 17.4 Å². The minimum atomic E-state index is -3.84. The van der Waals surface area contributed by atoms with E-state index in [1.54, 1.807) is 42.5 Å². The van der Waals surface area contributed by atoms with Gasteiger partial charge in [0.05, 0.1) is 0 Å². The van der Waals surface area contributed by atoms with Crippen LogP contribution in [0.25, 0.3) is 0 Å². The molecule has 0 saturated heterocycles. The molecule has 0 unspecified atom stereocenters. The highest BCUT2D eigenvalue weighted by atomic mass is 32.2. The number of rotatable bonds is 6. The fraction of sp³-hybridized carbons (Fsp3) is 0.111. The zero-order valence-corrected chi connectivity index (χ0v) is 15.8. The Morgan fingerprint density at radius 2 is 1.69 bits per heavy atom. The second-order valence-electron chi connectivity index (χ2n) is 5.38. The van der Waals surface area contributed by atoms with Crippen molar-refractivity contribution in [1.82, 2.24) is 9.97 Å². The van der Waals surface area contributed by atoms with Crippen molar-refractivity contribution in [3.05, 3.63) is 66.4 Å². The Hall–Kier alpha value is -2.58. The molecule has 0 amide bonds. The lowest BCUT2D eigenvalue weighted by Crippen LogP contribution is -2.09. The van der Waals surface area contributed by atoms with Crippen LogP contribution in [0.5, 0.6) is 5.75 Å². The summed E-state index contributed by atoms with van der Waals surface area (Å²) in [5.41, 5.74) is 1.63. The van der Waals surface area contributed by atoms with E-state index in [9.17, 15) is 8.42 Å². The number of benzene rings is 2. The molecule has 1 aromatic heterocycles. The topological polar surface area (TPSA) is 81.2 Å². The normalized spacial score (nSPS) is 11.2. The molecule has 0 atom stereocenters. The van der Waals surface area contributed by atoms with Crippen molar-refractivity contribution in [2.45, 2.75) is 17.0 Å². The van der Waals surface area contributed by atoms with Crippen molar-refractivity contribution in [2.75, 3.05) is 11.6 Å². The first-order chi connectivity index (χ1) is 12.5. The van der Waals surface area contributed by atoms with E-state index < -0.39 is 10.1 Å². The van der Waals surface area contributed by atoms with E-state index in [-0.39, 0.29) is 10.6 Å². The largest absolute Gasteiger partial charge is 0.379 e. The molecular formula is C18H17N3O3S2. The van der Waals surface area contributed by atoms with Crippen molar-refractivity contribution in [3.63, 3.8) is 0 Å². The van der Waals surface area contributed by atoms with Crippen molar-refractivity contribution < 1.29 is 12.6 Å². The summed E-state index contributed by atoms with van der Waals surface area (Å²) < 4.78 is 29.6. The van der Waals surface area contributed by atoms with Gasteiger partial charge in [0.15, 0.2) is 5.16 Å². The summed E-state index contributed by atoms with van der Waals surface area (Å²) in [6.45, 7) is 1.90. The van der Waals surface area contributed by atoms with Gasteiger partial charge in [0.1, 0.15) is 16.5 Å². The Kier molecular flexibility index (Phi) is 5.43. The van der Waals surface area contributed by atoms with Gasteiger partial charge in [-0.2, -0.15) is 8.42 Å². The van der Waals surface area contributed by atoms with Crippen LogP contribution >= 0.6 is 11.8 Å². The number of aryl methyl sites for hydroxylation is 1. The van der Waals surface area contributed by atoms with Gasteiger partial charge in [-0.1, -0.05) is 30.0 Å². The van der Waals surface area contributed by atoms with Crippen LogP contribution in [-0.2, 0) is 10.1 Å². The zero-order chi connectivity index (χ0) is 18.6. The van der Waals surface area contributed by atoms with Gasteiger partial charge in [0.25, 0.3) is 0 Å². The molecule has 0 aliphatic rings. The van der Waals surface area contributed by atoms with Crippen LogP contribution in [0.3, 0.4) is 0 Å². The highest BCUT2D eigenvalue weighted by molar-refractivity contribution is 7.98. The summed E-state index contributed by atoms with van der Waals surface area (Å²) in [6.07, 6.45) is 1.91. The highest BCUT2D eigenvalue weighted by Crippen LogP contribution is 2.23. The molecule has 3 aromatic rings. The van der Waals surface area contributed by atoms with Gasteiger partial charge in [0.2, 0.25) is 0 Å². The van der Waals surface area contributed by atoms with Crippen molar-refractivity contribution in [1.29, 1.82) is 0 Å². The second-order valence-corrected chi connectivity index (χ2v) is 7.70. The van der Waals surface area contributed by atoms with Crippen molar-refractivity contribution in [2.24, 2.45) is 0 Å². The third kappa shape index (κ3) is 4.53. The number of nitrogens with zero attached hydrogens (tertiary/aromatic N) is 2. The molecule has 6 nitrogen and oxygen atoms in total. The fourth-order valence-corrected chi connectivity index (χ4v) is 3.58. The average Bonchev–Trinajstić information content (AvgIpc) is 2.63. The second kappa shape index (κ2) is 7.76. The number of nitrogens with one attached hydrogen (secondary N) is 1. The third-order valence-corrected chi connectivity index (χ3v) is 5.19. The van der Waals surface area contributed by atoms with Crippen LogP contribution in [0.4, 0.5) is 11.5 Å². The Balaban J connectivity index is 1.74. The molecule has 2 aromatic carbocycles. The van der Waals surface area contributed by atoms with Crippen LogP contribution in [0, 0.1) is 6.92 Å². The van der Waals surface area contributed by atoms with E-state index in [1.165, 1.54) is 23.9 Å². The predicted molar refractivity (Wildman–Crippen MR) is 103 cm³/mol. The molecule has 3 rings (SSSR count). The van der Waals surface area contributed by atoms with E-state index in [4.69, 9.17) is 4.18 Å². The molecular weight excluding hydrogens is 370 g/mol. The van der Waals surface area contributed by atoms with E-state index in [1.807, 2.05) is 19.2 Å². The SMILES string of the molecule is CSc1nc(C)cc(Nc2ccc(OS(=O)(=O)c3ccccc3)cc2)n1. The summed E-state index contributed by atoms with van der Waals surface area (Å²) >= 11 is 1.47. The molecule has 8 heteroatoms. The number of aromatic nitrogens is 2. The molecule has 0 bridgehead atoms. The molecule has 134 valence electrons. The molecule has 26 heavy (non-hydrogen) atoms. The number of hydrogen-bond donors (Lipinski definition) is 1. The van der Waals surface area contributed by atoms with E-state index in [0.717, 1.165) is 11.4 Å². The average molecular weight is 387 g/mol. The van der Waals surface area contributed by atoms with Gasteiger partial charge in [-0.3, -0.25) is 0 Å². The first-order valence-corrected chi connectivity index (χ1v) is 10.4. The summed E-state index contributed by atoms with van der Waals surface area (Å²) in [6, 6.07) is 16.5. The lowest BCUT2D eigenvalue weighted by atomic mass is 10.3. The maximum Gasteiger partial charge on any atom is 0.339 e. The molecule has 0 aliphatic carbocycles. The number of anilines is 2. The fourth-order valence-electron chi connectivity index (χ4n) is 2.20. The maximum absolute atomic E-state index is 12.2. The van der Waals surface area contributed by atoms with E-state index >= 15 is 0 Å². The van der Waals surface area contributed by atoms with Gasteiger partial charge >= 0.3 is 10.1 Å². The Bertz CT molecular complexity index is 992. The van der Waals surface area contributed by atoms with Gasteiger partial charge < -0.3 is 9.50 Å². The first-order valence-electron chi connectivity index (χ1n) is 7.72. The Morgan fingerprint density at radius 3 is 2.35 bits per heavy atom. The molecule has 0 spiro atoms. The van der Waals surface area contributed by atoms with Gasteiger partial charge in [-0.15, -0.1) is 0 Å². The molecule has 1 heterocycles. The Labute approximate surface area is 156 Å². The molecule has 0 saturated carbocycles. The van der Waals surface area contributed by atoms with Crippen molar-refractivity contribution >= 4 is 33.4 Å². The smallest absolute Gasteiger partial charge is 0.339 e. The van der Waals surface area contributed by atoms with E-state index in [2.05, 4.69) is 15.3 Å². The highest BCUT2D eigenvalue weighted by Gasteiger charge is 2.15. The van der Waals surface area contributed by atoms with Crippen LogP contribution < -0.4 is 9.50 Å². The Morgan fingerprint density at radius 1 is 1.00 bits per heavy atom. The minimum absolute atomic E-state index is 0.114. The minimum Gasteiger partial charge on any atom is -0.379 e. The molecule has 1 N–H and O–H groups in total. The van der Waals surface area contributed by atoms with Crippen LogP contribution in [0.2, 0.25) is 0 Å². The molecule has 0 aliphatic heterocycles. The first kappa shape index (κ1) is 18.2. The zero-order valence-electron chi connectivity index (χ0n) is 14.2. The molecule has 0 radical (unpaired) electrons. The summed E-state index contributed by atoms with van der Waals surface area (Å²) in [5, 5.41) is 3.85. The summed E-state index contributed by atoms with van der Waals surface area (Å²) in [4.78, 5) is 8.80. The van der Waals surface area contributed by atoms with Gasteiger partial charge in [-0.05, 0) is 49.6 Å². The predicted octanol–water partition coefficient (Wildman–Crippen LogP) is 4.02. The van der Waals surface area contributed by atoms with Crippen LogP contribution in [-0.4, -0.2) is 24.6 Å².